The molecule has 0 radical (unpaired) electrons. The molecule has 10 heteroatoms. The van der Waals surface area contributed by atoms with Gasteiger partial charge in [-0.25, -0.2) is 4.39 Å². The number of allylic oxidation sites excluding steroid dienone is 2. The molecule has 0 aromatic heterocycles. The van der Waals surface area contributed by atoms with E-state index in [1.54, 1.807) is 48.4 Å². The zero-order chi connectivity index (χ0) is 34.8. The number of carbonyl (C=O) groups is 2. The van der Waals surface area contributed by atoms with Crippen LogP contribution in [0, 0.1) is 28.5 Å². The average molecular weight is 662 g/mol. The van der Waals surface area contributed by atoms with Crippen molar-refractivity contribution < 1.29 is 23.5 Å². The number of piperidine rings is 1. The summed E-state index contributed by atoms with van der Waals surface area (Å²) in [4.78, 5) is 30.2. The van der Waals surface area contributed by atoms with Gasteiger partial charge in [-0.1, -0.05) is 40.5 Å². The van der Waals surface area contributed by atoms with Crippen molar-refractivity contribution in [2.75, 3.05) is 33.4 Å². The molecule has 2 saturated heterocycles. The van der Waals surface area contributed by atoms with Gasteiger partial charge in [0, 0.05) is 63.1 Å². The van der Waals surface area contributed by atoms with Crippen LogP contribution in [0.4, 0.5) is 4.39 Å². The number of hydrogen-bond donors (Lipinski definition) is 3. The van der Waals surface area contributed by atoms with Crippen LogP contribution < -0.4 is 10.1 Å². The maximum Gasteiger partial charge on any atom is 0.254 e. The number of nitrogens with zero attached hydrogens (tertiary/aromatic N) is 2. The average Bonchev–Trinajstić information content (AvgIpc) is 3.38. The summed E-state index contributed by atoms with van der Waals surface area (Å²) >= 11 is 0. The van der Waals surface area contributed by atoms with Crippen LogP contribution >= 0.6 is 0 Å². The SMILES string of the molecule is CCCCC(COC)N1CCC(NC(=O)c2cc(Oc3ccc(C(=N)/C=C\C(=N)C(C)C)cc3)c(CN3C[C@@H](C)CC3=O)cc2F)CC1. The Bertz CT molecular complexity index is 1470. The van der Waals surface area contributed by atoms with E-state index in [-0.39, 0.29) is 41.6 Å². The van der Waals surface area contributed by atoms with Crippen LogP contribution in [0.1, 0.15) is 87.7 Å². The van der Waals surface area contributed by atoms with E-state index >= 15 is 4.39 Å². The largest absolute Gasteiger partial charge is 0.457 e. The van der Waals surface area contributed by atoms with Gasteiger partial charge >= 0.3 is 0 Å². The lowest BCUT2D eigenvalue weighted by Crippen LogP contribution is -2.49. The molecule has 48 heavy (non-hydrogen) atoms. The molecule has 2 atom stereocenters. The van der Waals surface area contributed by atoms with E-state index < -0.39 is 11.7 Å². The van der Waals surface area contributed by atoms with Gasteiger partial charge in [-0.3, -0.25) is 14.5 Å². The summed E-state index contributed by atoms with van der Waals surface area (Å²) in [6, 6.07) is 9.96. The van der Waals surface area contributed by atoms with E-state index in [0.29, 0.717) is 54.0 Å². The highest BCUT2D eigenvalue weighted by molar-refractivity contribution is 6.10. The molecule has 2 aromatic carbocycles. The Morgan fingerprint density at radius 3 is 2.44 bits per heavy atom. The van der Waals surface area contributed by atoms with Crippen LogP contribution in [0.5, 0.6) is 11.5 Å². The zero-order valence-electron chi connectivity index (χ0n) is 29.1. The summed E-state index contributed by atoms with van der Waals surface area (Å²) in [5, 5.41) is 19.4. The van der Waals surface area contributed by atoms with Crippen LogP contribution in [-0.4, -0.2) is 78.5 Å². The molecule has 2 amide bonds. The predicted octanol–water partition coefficient (Wildman–Crippen LogP) is 6.99. The first kappa shape index (κ1) is 36.9. The van der Waals surface area contributed by atoms with Gasteiger partial charge in [0.1, 0.15) is 17.3 Å². The summed E-state index contributed by atoms with van der Waals surface area (Å²) in [7, 11) is 1.73. The third kappa shape index (κ3) is 10.1. The monoisotopic (exact) mass is 661 g/mol. The molecule has 0 bridgehead atoms. The van der Waals surface area contributed by atoms with Gasteiger partial charge in [0.25, 0.3) is 5.91 Å². The standard InChI is InChI=1S/C38H52FN5O4/c1-6-7-8-30(24-47-5)43-17-15-29(16-18-43)42-38(46)32-21-36(28(20-33(32)39)23-44-22-26(4)19-37(44)45)48-31-11-9-27(10-12-31)35(41)14-13-34(40)25(2)3/h9-14,20-21,25-26,29-30,40-41H,6-8,15-19,22-24H2,1-5H3,(H,42,46)/b14-13-,40-34?,41-35?/t26-,30?/m0/s1. The number of amides is 2. The topological polar surface area (TPSA) is 119 Å². The maximum atomic E-state index is 15.6. The fourth-order valence-corrected chi connectivity index (χ4v) is 6.28. The Labute approximate surface area is 284 Å². The van der Waals surface area contributed by atoms with Crippen molar-refractivity contribution in [3.8, 4) is 11.5 Å². The summed E-state index contributed by atoms with van der Waals surface area (Å²) < 4.78 is 27.3. The molecule has 3 N–H and O–H groups in total. The first-order valence-corrected chi connectivity index (χ1v) is 17.3. The van der Waals surface area contributed by atoms with Crippen molar-refractivity contribution in [2.24, 2.45) is 11.8 Å². The second-order valence-electron chi connectivity index (χ2n) is 13.5. The van der Waals surface area contributed by atoms with Gasteiger partial charge < -0.3 is 30.5 Å². The van der Waals surface area contributed by atoms with Crippen molar-refractivity contribution in [3.63, 3.8) is 0 Å². The quantitative estimate of drug-likeness (QED) is 0.168. The maximum absolute atomic E-state index is 15.6. The summed E-state index contributed by atoms with van der Waals surface area (Å²) in [6.45, 7) is 11.2. The van der Waals surface area contributed by atoms with Crippen LogP contribution in [0.25, 0.3) is 0 Å². The molecule has 4 rings (SSSR count). The third-order valence-electron chi connectivity index (χ3n) is 9.24. The second-order valence-corrected chi connectivity index (χ2v) is 13.5. The number of nitrogens with one attached hydrogen (secondary N) is 3. The number of unbranched alkanes of at least 4 members (excludes halogenated alkanes) is 1. The second kappa shape index (κ2) is 17.5. The molecule has 2 aromatic rings. The lowest BCUT2D eigenvalue weighted by atomic mass is 10.00. The van der Waals surface area contributed by atoms with Gasteiger partial charge in [0.15, 0.2) is 0 Å². The lowest BCUT2D eigenvalue weighted by molar-refractivity contribution is -0.128. The Balaban J connectivity index is 1.50. The number of benzene rings is 2. The Morgan fingerprint density at radius 2 is 1.83 bits per heavy atom. The van der Waals surface area contributed by atoms with E-state index in [2.05, 4.69) is 17.1 Å². The molecule has 260 valence electrons. The fraction of sp³-hybridized carbons (Fsp3) is 0.526. The van der Waals surface area contributed by atoms with E-state index in [4.69, 9.17) is 20.3 Å². The van der Waals surface area contributed by atoms with Crippen LogP contribution in [0.3, 0.4) is 0 Å². The van der Waals surface area contributed by atoms with Gasteiger partial charge in [-0.05, 0) is 85.2 Å². The molecule has 2 fully saturated rings. The molecule has 9 nitrogen and oxygen atoms in total. The molecule has 2 heterocycles. The molecule has 0 spiro atoms. The van der Waals surface area contributed by atoms with Crippen molar-refractivity contribution >= 4 is 23.2 Å². The Morgan fingerprint density at radius 1 is 1.12 bits per heavy atom. The normalized spacial score (nSPS) is 18.1. The first-order chi connectivity index (χ1) is 23.0. The molecular formula is C38H52FN5O4. The first-order valence-electron chi connectivity index (χ1n) is 17.3. The van der Waals surface area contributed by atoms with Crippen molar-refractivity contribution in [2.45, 2.75) is 84.8 Å². The fourth-order valence-electron chi connectivity index (χ4n) is 6.28. The van der Waals surface area contributed by atoms with E-state index in [9.17, 15) is 9.59 Å². The van der Waals surface area contributed by atoms with E-state index in [0.717, 1.165) is 45.2 Å². The van der Waals surface area contributed by atoms with Gasteiger partial charge in [0.2, 0.25) is 5.91 Å². The van der Waals surface area contributed by atoms with Crippen molar-refractivity contribution in [3.05, 3.63) is 71.1 Å². The Kier molecular flexibility index (Phi) is 13.5. The molecule has 0 saturated carbocycles. The molecule has 0 aliphatic carbocycles. The van der Waals surface area contributed by atoms with E-state index in [1.807, 2.05) is 20.8 Å². The minimum Gasteiger partial charge on any atom is -0.457 e. The zero-order valence-corrected chi connectivity index (χ0v) is 29.1. The number of likely N-dealkylation sites (tertiary alicyclic amines) is 2. The molecule has 1 unspecified atom stereocenters. The van der Waals surface area contributed by atoms with Gasteiger partial charge in [-0.15, -0.1) is 0 Å². The Hall–Kier alpha value is -3.89. The van der Waals surface area contributed by atoms with Crippen LogP contribution in [-0.2, 0) is 16.1 Å². The number of carbonyl (C=O) groups excluding carboxylic acids is 2. The van der Waals surface area contributed by atoms with Crippen molar-refractivity contribution in [1.29, 1.82) is 10.8 Å². The minimum absolute atomic E-state index is 0.00548. The molecule has 2 aliphatic heterocycles. The van der Waals surface area contributed by atoms with Crippen LogP contribution in [0.15, 0.2) is 48.6 Å². The third-order valence-corrected chi connectivity index (χ3v) is 9.24. The summed E-state index contributed by atoms with van der Waals surface area (Å²) in [5.74, 6) is -0.110. The number of ether oxygens (including phenoxy) is 2. The highest BCUT2D eigenvalue weighted by atomic mass is 19.1. The summed E-state index contributed by atoms with van der Waals surface area (Å²) in [5.41, 5.74) is 1.72. The highest BCUT2D eigenvalue weighted by Crippen LogP contribution is 2.32. The number of rotatable bonds is 16. The number of halogens is 1. The summed E-state index contributed by atoms with van der Waals surface area (Å²) in [6.07, 6.45) is 8.57. The van der Waals surface area contributed by atoms with Gasteiger partial charge in [-0.2, -0.15) is 0 Å². The number of hydrogen-bond acceptors (Lipinski definition) is 7. The molecule has 2 aliphatic rings. The molecular weight excluding hydrogens is 609 g/mol. The lowest BCUT2D eigenvalue weighted by Gasteiger charge is -2.37. The predicted molar refractivity (Wildman–Crippen MR) is 188 cm³/mol. The van der Waals surface area contributed by atoms with Gasteiger partial charge in [0.05, 0.1) is 17.9 Å². The van der Waals surface area contributed by atoms with E-state index in [1.165, 1.54) is 12.1 Å². The minimum atomic E-state index is -0.658. The number of methoxy groups -OCH3 is 1. The highest BCUT2D eigenvalue weighted by Gasteiger charge is 2.30. The van der Waals surface area contributed by atoms with Crippen LogP contribution in [0.2, 0.25) is 0 Å². The smallest absolute Gasteiger partial charge is 0.254 e. The van der Waals surface area contributed by atoms with Crippen molar-refractivity contribution in [1.82, 2.24) is 15.1 Å².